The number of carboxylic acids is 6. The molecule has 0 saturated carbocycles. The minimum absolute atomic E-state index is 0.156. The Morgan fingerprint density at radius 1 is 0.629 bits per heavy atom. The molecule has 0 radical (unpaired) electrons. The maximum absolute atomic E-state index is 10.3. The van der Waals surface area contributed by atoms with Crippen LogP contribution in [0.2, 0.25) is 0 Å². The van der Waals surface area contributed by atoms with E-state index >= 15 is 0 Å². The van der Waals surface area contributed by atoms with Crippen LogP contribution < -0.4 is 0 Å². The molecule has 0 heterocycles. The SMILES string of the molecule is CCC(O)CCCCO.O=C(O)CC(O)(CC(=O)O)C(=O)O.O=C(O)CC(O)(CC(=O)O)C(=O)O. The highest BCUT2D eigenvalue weighted by Gasteiger charge is 2.41. The normalized spacial score (nSPS) is 11.6. The fourth-order valence-electron chi connectivity index (χ4n) is 2.12. The van der Waals surface area contributed by atoms with Crippen LogP contribution in [0.4, 0.5) is 0 Å². The van der Waals surface area contributed by atoms with Gasteiger partial charge in [-0.1, -0.05) is 6.92 Å². The van der Waals surface area contributed by atoms with Crippen LogP contribution in [0, 0.1) is 0 Å². The number of rotatable bonds is 15. The Morgan fingerprint density at radius 3 is 1.09 bits per heavy atom. The highest BCUT2D eigenvalue weighted by atomic mass is 16.4. The molecule has 0 aromatic rings. The van der Waals surface area contributed by atoms with Gasteiger partial charge in [0.15, 0.2) is 11.2 Å². The van der Waals surface area contributed by atoms with Crippen molar-refractivity contribution in [1.29, 1.82) is 0 Å². The van der Waals surface area contributed by atoms with Crippen LogP contribution in [-0.2, 0) is 28.8 Å². The van der Waals surface area contributed by atoms with Crippen LogP contribution in [0.25, 0.3) is 0 Å². The first-order valence-corrected chi connectivity index (χ1v) is 9.94. The molecule has 0 aromatic heterocycles. The van der Waals surface area contributed by atoms with E-state index in [-0.39, 0.29) is 12.7 Å². The first-order chi connectivity index (χ1) is 15.9. The second-order valence-corrected chi connectivity index (χ2v) is 7.24. The van der Waals surface area contributed by atoms with E-state index in [9.17, 15) is 28.8 Å². The number of unbranched alkanes of at least 4 members (excludes halogenated alkanes) is 1. The van der Waals surface area contributed by atoms with Gasteiger partial charge in [0.2, 0.25) is 0 Å². The third-order valence-corrected chi connectivity index (χ3v) is 3.99. The Morgan fingerprint density at radius 2 is 0.914 bits per heavy atom. The summed E-state index contributed by atoms with van der Waals surface area (Å²) < 4.78 is 0. The van der Waals surface area contributed by atoms with Gasteiger partial charge in [-0.2, -0.15) is 0 Å². The molecule has 0 rings (SSSR count). The summed E-state index contributed by atoms with van der Waals surface area (Å²) in [4.78, 5) is 61.0. The zero-order chi connectivity index (χ0) is 28.4. The molecule has 0 fully saturated rings. The molecule has 16 heteroatoms. The highest BCUT2D eigenvalue weighted by molar-refractivity contribution is 5.88. The van der Waals surface area contributed by atoms with Gasteiger partial charge in [0.1, 0.15) is 0 Å². The van der Waals surface area contributed by atoms with Gasteiger partial charge in [-0.3, -0.25) is 19.2 Å². The third-order valence-electron chi connectivity index (χ3n) is 3.99. The molecule has 204 valence electrons. The molecule has 0 aliphatic carbocycles. The standard InChI is InChI=1S/C7H16O2.2C6H8O7/c1-2-7(9)5-3-4-6-8;2*7-3(8)1-6(13,5(11)12)2-4(9)10/h7-9H,2-6H2,1H3;2*13H,1-2H2,(H,7,8)(H,9,10)(H,11,12). The van der Waals surface area contributed by atoms with Gasteiger partial charge < -0.3 is 51.1 Å². The summed E-state index contributed by atoms with van der Waals surface area (Å²) in [5.41, 5.74) is -5.48. The maximum atomic E-state index is 10.3. The Balaban J connectivity index is -0.000000448. The van der Waals surface area contributed by atoms with Gasteiger partial charge in [0.05, 0.1) is 31.8 Å². The lowest BCUT2D eigenvalue weighted by atomic mass is 9.96. The van der Waals surface area contributed by atoms with Crippen LogP contribution in [0.5, 0.6) is 0 Å². The number of carboxylic acid groups (broad SMARTS) is 6. The minimum atomic E-state index is -2.74. The first kappa shape index (κ1) is 36.2. The molecule has 1 atom stereocenters. The number of hydrogen-bond acceptors (Lipinski definition) is 10. The van der Waals surface area contributed by atoms with Crippen LogP contribution in [0.3, 0.4) is 0 Å². The van der Waals surface area contributed by atoms with Gasteiger partial charge in [0.25, 0.3) is 0 Å². The smallest absolute Gasteiger partial charge is 0.336 e. The summed E-state index contributed by atoms with van der Waals surface area (Å²) in [7, 11) is 0. The molecular weight excluding hydrogens is 484 g/mol. The minimum Gasteiger partial charge on any atom is -0.481 e. The lowest BCUT2D eigenvalue weighted by Crippen LogP contribution is -2.42. The Labute approximate surface area is 198 Å². The number of hydrogen-bond donors (Lipinski definition) is 10. The van der Waals surface area contributed by atoms with Gasteiger partial charge in [-0.05, 0) is 25.7 Å². The topological polar surface area (TPSA) is 305 Å². The van der Waals surface area contributed by atoms with Crippen molar-refractivity contribution in [3.05, 3.63) is 0 Å². The first-order valence-electron chi connectivity index (χ1n) is 9.94. The highest BCUT2D eigenvalue weighted by Crippen LogP contribution is 2.16. The molecule has 0 aliphatic heterocycles. The Kier molecular flexibility index (Phi) is 18.7. The van der Waals surface area contributed by atoms with Crippen molar-refractivity contribution >= 4 is 35.8 Å². The molecule has 0 spiro atoms. The van der Waals surface area contributed by atoms with E-state index in [2.05, 4.69) is 0 Å². The van der Waals surface area contributed by atoms with Crippen LogP contribution in [0.1, 0.15) is 58.3 Å². The quantitative estimate of drug-likeness (QED) is 0.110. The van der Waals surface area contributed by atoms with Crippen molar-refractivity contribution in [1.82, 2.24) is 0 Å². The fourth-order valence-corrected chi connectivity index (χ4v) is 2.12. The van der Waals surface area contributed by atoms with Crippen LogP contribution in [-0.4, -0.2) is 111 Å². The number of aliphatic carboxylic acids is 6. The zero-order valence-electron chi connectivity index (χ0n) is 18.9. The predicted molar refractivity (Wildman–Crippen MR) is 111 cm³/mol. The van der Waals surface area contributed by atoms with E-state index in [0.717, 1.165) is 25.7 Å². The molecule has 0 aliphatic rings. The van der Waals surface area contributed by atoms with Gasteiger partial charge in [-0.25, -0.2) is 9.59 Å². The summed E-state index contributed by atoms with van der Waals surface area (Å²) in [6.45, 7) is 2.21. The largest absolute Gasteiger partial charge is 0.481 e. The van der Waals surface area contributed by atoms with Gasteiger partial charge >= 0.3 is 35.8 Å². The summed E-state index contributed by atoms with van der Waals surface area (Å²) >= 11 is 0. The predicted octanol–water partition coefficient (Wildman–Crippen LogP) is -1.58. The fraction of sp³-hybridized carbons (Fsp3) is 0.684. The lowest BCUT2D eigenvalue weighted by Gasteiger charge is -2.18. The zero-order valence-corrected chi connectivity index (χ0v) is 18.9. The van der Waals surface area contributed by atoms with E-state index in [1.807, 2.05) is 6.92 Å². The summed E-state index contributed by atoms with van der Waals surface area (Å²) in [5, 5.41) is 85.0. The molecule has 0 amide bonds. The number of aliphatic hydroxyl groups excluding tert-OH is 2. The number of aliphatic hydroxyl groups is 4. The van der Waals surface area contributed by atoms with Crippen LogP contribution in [0.15, 0.2) is 0 Å². The van der Waals surface area contributed by atoms with Crippen molar-refractivity contribution in [2.75, 3.05) is 6.61 Å². The average Bonchev–Trinajstić information content (AvgIpc) is 2.66. The summed E-state index contributed by atoms with van der Waals surface area (Å²) in [6, 6.07) is 0. The second-order valence-electron chi connectivity index (χ2n) is 7.24. The molecule has 1 unspecified atom stereocenters. The van der Waals surface area contributed by atoms with E-state index in [0.29, 0.717) is 0 Å². The number of carbonyl (C=O) groups is 6. The molecule has 10 N–H and O–H groups in total. The Bertz CT molecular complexity index is 632. The van der Waals surface area contributed by atoms with Gasteiger partial charge in [-0.15, -0.1) is 0 Å². The van der Waals surface area contributed by atoms with Gasteiger partial charge in [0, 0.05) is 6.61 Å². The van der Waals surface area contributed by atoms with Crippen LogP contribution >= 0.6 is 0 Å². The average molecular weight is 516 g/mol. The molecule has 35 heavy (non-hydrogen) atoms. The summed E-state index contributed by atoms with van der Waals surface area (Å²) in [5.74, 6) is -10.0. The monoisotopic (exact) mass is 516 g/mol. The van der Waals surface area contributed by atoms with Crippen molar-refractivity contribution < 1.29 is 79.8 Å². The van der Waals surface area contributed by atoms with E-state index < -0.39 is 72.7 Å². The van der Waals surface area contributed by atoms with Crippen molar-refractivity contribution in [3.8, 4) is 0 Å². The molecule has 0 aromatic carbocycles. The van der Waals surface area contributed by atoms with Crippen molar-refractivity contribution in [2.45, 2.75) is 75.6 Å². The molecule has 16 nitrogen and oxygen atoms in total. The lowest BCUT2D eigenvalue weighted by molar-refractivity contribution is -0.170. The van der Waals surface area contributed by atoms with E-state index in [1.165, 1.54) is 0 Å². The molecule has 0 bridgehead atoms. The Hall–Kier alpha value is -3.34. The third kappa shape index (κ3) is 19.8. The second kappa shape index (κ2) is 18.0. The van der Waals surface area contributed by atoms with E-state index in [4.69, 9.17) is 51.1 Å². The molecular formula is C19H32O16. The molecule has 0 saturated heterocycles. The summed E-state index contributed by atoms with van der Waals surface area (Å²) in [6.07, 6.45) is -1.33. The maximum Gasteiger partial charge on any atom is 0.336 e. The van der Waals surface area contributed by atoms with Crippen molar-refractivity contribution in [2.24, 2.45) is 0 Å². The van der Waals surface area contributed by atoms with Crippen molar-refractivity contribution in [3.63, 3.8) is 0 Å². The van der Waals surface area contributed by atoms with E-state index in [1.54, 1.807) is 0 Å².